The zero-order valence-electron chi connectivity index (χ0n) is 6.87. The monoisotopic (exact) mass is 184 g/mol. The van der Waals surface area contributed by atoms with Crippen LogP contribution in [-0.4, -0.2) is 17.9 Å². The van der Waals surface area contributed by atoms with E-state index in [-0.39, 0.29) is 12.2 Å². The Labute approximate surface area is 74.8 Å². The Hall–Kier alpha value is -1.58. The van der Waals surface area contributed by atoms with E-state index in [1.165, 1.54) is 6.07 Å². The van der Waals surface area contributed by atoms with Gasteiger partial charge in [-0.25, -0.2) is 4.39 Å². The van der Waals surface area contributed by atoms with Gasteiger partial charge in [-0.1, -0.05) is 18.2 Å². The number of hydrogen-bond acceptors (Lipinski definition) is 2. The highest BCUT2D eigenvalue weighted by Crippen LogP contribution is 2.18. The fraction of sp³-hybridized carbons (Fsp3) is 0.222. The van der Waals surface area contributed by atoms with Crippen LogP contribution in [0.3, 0.4) is 0 Å². The number of hydrogen-bond donors (Lipinski definition) is 1. The molecule has 0 amide bonds. The number of carbonyl (C=O) groups is 1. The minimum atomic E-state index is -0.963. The minimum absolute atomic E-state index is 0.157. The van der Waals surface area contributed by atoms with Gasteiger partial charge < -0.3 is 9.84 Å². The molecular formula is C9H9FO3. The Bertz CT molecular complexity index is 299. The first kappa shape index (κ1) is 9.51. The zero-order valence-corrected chi connectivity index (χ0v) is 6.87. The molecular weight excluding hydrogens is 175 g/mol. The van der Waals surface area contributed by atoms with E-state index in [0.717, 1.165) is 0 Å². The highest BCUT2D eigenvalue weighted by molar-refractivity contribution is 5.71. The smallest absolute Gasteiger partial charge is 0.307 e. The van der Waals surface area contributed by atoms with Crippen LogP contribution < -0.4 is 4.74 Å². The van der Waals surface area contributed by atoms with Crippen LogP contribution in [0.15, 0.2) is 24.3 Å². The van der Waals surface area contributed by atoms with Crippen molar-refractivity contribution in [2.75, 3.05) is 6.86 Å². The fourth-order valence-electron chi connectivity index (χ4n) is 1.01. The van der Waals surface area contributed by atoms with E-state index in [0.29, 0.717) is 5.56 Å². The summed E-state index contributed by atoms with van der Waals surface area (Å²) in [5.74, 6) is -0.678. The molecule has 0 atom stereocenters. The molecule has 1 rings (SSSR count). The summed E-state index contributed by atoms with van der Waals surface area (Å²) < 4.78 is 16.4. The summed E-state index contributed by atoms with van der Waals surface area (Å²) in [7, 11) is 0. The second-order valence-corrected chi connectivity index (χ2v) is 2.43. The molecule has 0 aliphatic heterocycles. The molecule has 0 fully saturated rings. The summed E-state index contributed by atoms with van der Waals surface area (Å²) in [5, 5.41) is 8.51. The largest absolute Gasteiger partial charge is 0.481 e. The van der Waals surface area contributed by atoms with Gasteiger partial charge in [0, 0.05) is 5.56 Å². The van der Waals surface area contributed by atoms with Gasteiger partial charge in [0.25, 0.3) is 0 Å². The van der Waals surface area contributed by atoms with Crippen LogP contribution in [-0.2, 0) is 11.2 Å². The Morgan fingerprint density at radius 3 is 2.77 bits per heavy atom. The highest BCUT2D eigenvalue weighted by Gasteiger charge is 2.06. The molecule has 0 saturated heterocycles. The number of aliphatic carboxylic acids is 1. The van der Waals surface area contributed by atoms with E-state index in [9.17, 15) is 9.18 Å². The maximum Gasteiger partial charge on any atom is 0.307 e. The molecule has 4 heteroatoms. The van der Waals surface area contributed by atoms with Crippen molar-refractivity contribution in [3.8, 4) is 5.75 Å². The Kier molecular flexibility index (Phi) is 3.25. The second-order valence-electron chi connectivity index (χ2n) is 2.43. The van der Waals surface area contributed by atoms with Gasteiger partial charge in [0.05, 0.1) is 6.42 Å². The average Bonchev–Trinajstić information content (AvgIpc) is 2.08. The molecule has 1 aromatic rings. The lowest BCUT2D eigenvalue weighted by Crippen LogP contribution is -2.03. The molecule has 0 unspecified atom stereocenters. The van der Waals surface area contributed by atoms with Crippen LogP contribution in [0, 0.1) is 0 Å². The lowest BCUT2D eigenvalue weighted by molar-refractivity contribution is -0.136. The third kappa shape index (κ3) is 2.74. The number of para-hydroxylation sites is 1. The Morgan fingerprint density at radius 2 is 2.15 bits per heavy atom. The summed E-state index contributed by atoms with van der Waals surface area (Å²) in [6.45, 7) is -0.948. The lowest BCUT2D eigenvalue weighted by atomic mass is 10.1. The van der Waals surface area contributed by atoms with Gasteiger partial charge in [-0.05, 0) is 6.07 Å². The van der Waals surface area contributed by atoms with Crippen molar-refractivity contribution in [3.63, 3.8) is 0 Å². The SMILES string of the molecule is O=C(O)Cc1ccccc1OCF. The highest BCUT2D eigenvalue weighted by atomic mass is 19.1. The van der Waals surface area contributed by atoms with Crippen molar-refractivity contribution in [3.05, 3.63) is 29.8 Å². The molecule has 0 aromatic heterocycles. The van der Waals surface area contributed by atoms with E-state index in [2.05, 4.69) is 4.74 Å². The van der Waals surface area contributed by atoms with Crippen molar-refractivity contribution in [2.24, 2.45) is 0 Å². The standard InChI is InChI=1S/C9H9FO3/c10-6-13-8-4-2-1-3-7(8)5-9(11)12/h1-4H,5-6H2,(H,11,12). The van der Waals surface area contributed by atoms with Crippen molar-refractivity contribution in [2.45, 2.75) is 6.42 Å². The summed E-state index contributed by atoms with van der Waals surface area (Å²) in [6.07, 6.45) is -0.157. The number of alkyl halides is 1. The van der Waals surface area contributed by atoms with Crippen LogP contribution in [0.4, 0.5) is 4.39 Å². The zero-order chi connectivity index (χ0) is 9.68. The number of carboxylic acid groups (broad SMARTS) is 1. The molecule has 1 N–H and O–H groups in total. The molecule has 0 spiro atoms. The summed E-state index contributed by atoms with van der Waals surface area (Å²) in [6, 6.07) is 6.48. The lowest BCUT2D eigenvalue weighted by Gasteiger charge is -2.05. The van der Waals surface area contributed by atoms with E-state index in [1.54, 1.807) is 18.2 Å². The third-order valence-corrected chi connectivity index (χ3v) is 1.52. The van der Waals surface area contributed by atoms with Crippen LogP contribution in [0.5, 0.6) is 5.75 Å². The van der Waals surface area contributed by atoms with Crippen LogP contribution in [0.2, 0.25) is 0 Å². The number of halogens is 1. The van der Waals surface area contributed by atoms with Crippen LogP contribution >= 0.6 is 0 Å². The average molecular weight is 184 g/mol. The van der Waals surface area contributed by atoms with Crippen LogP contribution in [0.1, 0.15) is 5.56 Å². The molecule has 0 heterocycles. The van der Waals surface area contributed by atoms with Gasteiger partial charge in [-0.15, -0.1) is 0 Å². The van der Waals surface area contributed by atoms with Crippen molar-refractivity contribution < 1.29 is 19.0 Å². The quantitative estimate of drug-likeness (QED) is 0.773. The van der Waals surface area contributed by atoms with Gasteiger partial charge in [0.1, 0.15) is 5.75 Å². The Balaban J connectivity index is 2.84. The Morgan fingerprint density at radius 1 is 1.46 bits per heavy atom. The van der Waals surface area contributed by atoms with E-state index in [1.807, 2.05) is 0 Å². The first-order chi connectivity index (χ1) is 6.24. The second kappa shape index (κ2) is 4.45. The molecule has 3 nitrogen and oxygen atoms in total. The molecule has 13 heavy (non-hydrogen) atoms. The molecule has 0 radical (unpaired) electrons. The van der Waals surface area contributed by atoms with E-state index < -0.39 is 12.8 Å². The van der Waals surface area contributed by atoms with Gasteiger partial charge in [-0.2, -0.15) is 0 Å². The molecule has 0 aliphatic carbocycles. The first-order valence-corrected chi connectivity index (χ1v) is 3.72. The van der Waals surface area contributed by atoms with Crippen molar-refractivity contribution >= 4 is 5.97 Å². The van der Waals surface area contributed by atoms with Gasteiger partial charge >= 0.3 is 5.97 Å². The molecule has 0 saturated carbocycles. The van der Waals surface area contributed by atoms with Gasteiger partial charge in [0.2, 0.25) is 6.86 Å². The maximum atomic E-state index is 11.8. The maximum absolute atomic E-state index is 11.8. The van der Waals surface area contributed by atoms with Crippen molar-refractivity contribution in [1.82, 2.24) is 0 Å². The molecule has 70 valence electrons. The fourth-order valence-corrected chi connectivity index (χ4v) is 1.01. The summed E-state index contributed by atoms with van der Waals surface area (Å²) in [4.78, 5) is 10.4. The number of carboxylic acids is 1. The third-order valence-electron chi connectivity index (χ3n) is 1.52. The van der Waals surface area contributed by atoms with E-state index >= 15 is 0 Å². The summed E-state index contributed by atoms with van der Waals surface area (Å²) in [5.41, 5.74) is 0.479. The van der Waals surface area contributed by atoms with Gasteiger partial charge in [0.15, 0.2) is 0 Å². The topological polar surface area (TPSA) is 46.5 Å². The minimum Gasteiger partial charge on any atom is -0.481 e. The molecule has 0 aliphatic rings. The number of benzene rings is 1. The predicted octanol–water partition coefficient (Wildman–Crippen LogP) is 1.62. The molecule has 1 aromatic carbocycles. The van der Waals surface area contributed by atoms with Crippen molar-refractivity contribution in [1.29, 1.82) is 0 Å². The first-order valence-electron chi connectivity index (χ1n) is 3.72. The summed E-state index contributed by atoms with van der Waals surface area (Å²) >= 11 is 0. The number of ether oxygens (including phenoxy) is 1. The van der Waals surface area contributed by atoms with E-state index in [4.69, 9.17) is 5.11 Å². The van der Waals surface area contributed by atoms with Crippen LogP contribution in [0.25, 0.3) is 0 Å². The number of rotatable bonds is 4. The normalized spacial score (nSPS) is 9.62. The molecule has 0 bridgehead atoms. The predicted molar refractivity (Wildman–Crippen MR) is 44.4 cm³/mol. The van der Waals surface area contributed by atoms with Gasteiger partial charge in [-0.3, -0.25) is 4.79 Å².